The third-order valence-electron chi connectivity index (χ3n) is 3.06. The number of nitrogens with one attached hydrogen (secondary N) is 1. The van der Waals surface area contributed by atoms with Crippen molar-refractivity contribution in [3.8, 4) is 0 Å². The lowest BCUT2D eigenvalue weighted by Gasteiger charge is -2.25. The monoisotopic (exact) mass is 354 g/mol. The molecule has 2 bridgehead atoms. The van der Waals surface area contributed by atoms with E-state index >= 15 is 0 Å². The average Bonchev–Trinajstić information content (AvgIpc) is 2.99. The molecule has 12 heteroatoms. The summed E-state index contributed by atoms with van der Waals surface area (Å²) in [6, 6.07) is 1.70. The normalized spacial score (nSPS) is 23.4. The molecule has 0 aliphatic carbocycles. The molecule has 0 aromatic carbocycles. The minimum atomic E-state index is -5.08. The van der Waals surface area contributed by atoms with Crippen molar-refractivity contribution in [2.75, 3.05) is 19.6 Å². The van der Waals surface area contributed by atoms with Crippen molar-refractivity contribution in [1.29, 1.82) is 0 Å². The van der Waals surface area contributed by atoms with Gasteiger partial charge >= 0.3 is 24.3 Å². The number of carboxylic acids is 2. The van der Waals surface area contributed by atoms with Gasteiger partial charge in [0.1, 0.15) is 0 Å². The van der Waals surface area contributed by atoms with Crippen LogP contribution in [0.25, 0.3) is 0 Å². The maximum absolute atomic E-state index is 10.6. The highest BCUT2D eigenvalue weighted by Gasteiger charge is 2.39. The van der Waals surface area contributed by atoms with Crippen LogP contribution in [0.3, 0.4) is 0 Å². The molecule has 2 fully saturated rings. The number of rotatable bonds is 1. The molecule has 2 rings (SSSR count). The van der Waals surface area contributed by atoms with Crippen molar-refractivity contribution in [3.05, 3.63) is 0 Å². The number of carbonyl (C=O) groups is 2. The minimum Gasteiger partial charge on any atom is -0.475 e. The van der Waals surface area contributed by atoms with Crippen LogP contribution in [0.4, 0.5) is 26.3 Å². The lowest BCUT2D eigenvalue weighted by molar-refractivity contribution is -0.193. The molecule has 3 N–H and O–H groups in total. The highest BCUT2D eigenvalue weighted by Crippen LogP contribution is 2.21. The summed E-state index contributed by atoms with van der Waals surface area (Å²) in [6.45, 7) is 6.02. The topological polar surface area (TPSA) is 89.9 Å². The molecule has 0 amide bonds. The van der Waals surface area contributed by atoms with Crippen molar-refractivity contribution in [1.82, 2.24) is 10.2 Å². The Morgan fingerprint density at radius 3 is 1.61 bits per heavy atom. The number of hydrogen-bond acceptors (Lipinski definition) is 4. The molecule has 0 saturated carbocycles. The first-order valence-corrected chi connectivity index (χ1v) is 6.36. The number of alkyl halides is 6. The van der Waals surface area contributed by atoms with E-state index in [9.17, 15) is 26.3 Å². The second kappa shape index (κ2) is 8.34. The summed E-state index contributed by atoms with van der Waals surface area (Å²) in [6.07, 6.45) is -8.77. The van der Waals surface area contributed by atoms with Crippen LogP contribution in [-0.4, -0.2) is 71.1 Å². The van der Waals surface area contributed by atoms with Gasteiger partial charge in [-0.25, -0.2) is 9.59 Å². The quantitative estimate of drug-likeness (QED) is 0.616. The van der Waals surface area contributed by atoms with Crippen molar-refractivity contribution >= 4 is 11.9 Å². The van der Waals surface area contributed by atoms with Gasteiger partial charge in [-0.15, -0.1) is 0 Å². The van der Waals surface area contributed by atoms with Crippen LogP contribution in [0, 0.1) is 0 Å². The molecule has 136 valence electrons. The van der Waals surface area contributed by atoms with E-state index in [1.807, 2.05) is 0 Å². The van der Waals surface area contributed by atoms with E-state index in [0.29, 0.717) is 0 Å². The number of likely N-dealkylation sites (tertiary alicyclic amines) is 1. The number of carboxylic acid groups (broad SMARTS) is 2. The number of aliphatic carboxylic acids is 2. The lowest BCUT2D eigenvalue weighted by atomic mass is 10.2. The fourth-order valence-electron chi connectivity index (χ4n) is 2.03. The molecule has 2 heterocycles. The van der Waals surface area contributed by atoms with E-state index in [1.165, 1.54) is 26.1 Å². The molecule has 2 aliphatic rings. The largest absolute Gasteiger partial charge is 0.490 e. The molecule has 0 aromatic heterocycles. The van der Waals surface area contributed by atoms with E-state index in [-0.39, 0.29) is 0 Å². The molecule has 0 radical (unpaired) electrons. The zero-order valence-corrected chi connectivity index (χ0v) is 11.9. The molecule has 2 atom stereocenters. The van der Waals surface area contributed by atoms with Crippen LogP contribution in [0.1, 0.15) is 13.3 Å². The Balaban J connectivity index is 0.000000322. The lowest BCUT2D eigenvalue weighted by Crippen LogP contribution is -2.43. The Morgan fingerprint density at radius 1 is 1.09 bits per heavy atom. The van der Waals surface area contributed by atoms with Crippen LogP contribution in [0.5, 0.6) is 0 Å². The molecule has 2 aliphatic heterocycles. The van der Waals surface area contributed by atoms with Crippen LogP contribution >= 0.6 is 0 Å². The fourth-order valence-corrected chi connectivity index (χ4v) is 2.03. The SMILES string of the molecule is CCN1CC2CC1CN2.O=C(O)C(F)(F)F.O=C(O)C(F)(F)F. The standard InChI is InChI=1S/C7H14N2.2C2HF3O2/c1-2-9-5-6-3-7(9)4-8-6;2*3-2(4,5)1(6)7/h6-8H,2-5H2,1H3;2*(H,6,7). The first kappa shape index (κ1) is 21.4. The van der Waals surface area contributed by atoms with E-state index in [1.54, 1.807) is 0 Å². The zero-order chi connectivity index (χ0) is 18.4. The van der Waals surface area contributed by atoms with Gasteiger partial charge in [0.15, 0.2) is 0 Å². The van der Waals surface area contributed by atoms with Crippen LogP contribution in [0.15, 0.2) is 0 Å². The van der Waals surface area contributed by atoms with Crippen molar-refractivity contribution < 1.29 is 46.1 Å². The van der Waals surface area contributed by atoms with Crippen LogP contribution < -0.4 is 5.32 Å². The molecule has 0 spiro atoms. The number of nitrogens with zero attached hydrogens (tertiary/aromatic N) is 1. The third-order valence-corrected chi connectivity index (χ3v) is 3.06. The van der Waals surface area contributed by atoms with E-state index in [4.69, 9.17) is 19.8 Å². The predicted octanol–water partition coefficient (Wildman–Crippen LogP) is 1.32. The molecular formula is C11H16F6N2O4. The smallest absolute Gasteiger partial charge is 0.475 e. The summed E-state index contributed by atoms with van der Waals surface area (Å²) < 4.78 is 63.5. The first-order valence-electron chi connectivity index (χ1n) is 6.36. The number of fused-ring (bicyclic) bond motifs is 2. The minimum absolute atomic E-state index is 0.829. The Kier molecular flexibility index (Phi) is 7.77. The molecule has 0 aromatic rings. The summed E-state index contributed by atoms with van der Waals surface area (Å²) in [5.41, 5.74) is 0. The van der Waals surface area contributed by atoms with Gasteiger partial charge in [-0.3, -0.25) is 4.90 Å². The van der Waals surface area contributed by atoms with Crippen LogP contribution in [-0.2, 0) is 9.59 Å². The number of halogens is 6. The summed E-state index contributed by atoms with van der Waals surface area (Å²) in [5.74, 6) is -5.51. The predicted molar refractivity (Wildman–Crippen MR) is 64.8 cm³/mol. The fraction of sp³-hybridized carbons (Fsp3) is 0.818. The molecular weight excluding hydrogens is 338 g/mol. The Labute approximate surface area is 127 Å². The second-order valence-corrected chi connectivity index (χ2v) is 4.69. The zero-order valence-electron chi connectivity index (χ0n) is 11.9. The maximum Gasteiger partial charge on any atom is 0.490 e. The van der Waals surface area contributed by atoms with Crippen molar-refractivity contribution in [3.63, 3.8) is 0 Å². The van der Waals surface area contributed by atoms with Gasteiger partial charge in [0.2, 0.25) is 0 Å². The molecule has 6 nitrogen and oxygen atoms in total. The van der Waals surface area contributed by atoms with Crippen molar-refractivity contribution in [2.45, 2.75) is 37.8 Å². The Morgan fingerprint density at radius 2 is 1.48 bits per heavy atom. The van der Waals surface area contributed by atoms with Gasteiger partial charge in [-0.1, -0.05) is 6.92 Å². The number of likely N-dealkylation sites (N-methyl/N-ethyl adjacent to an activating group) is 1. The summed E-state index contributed by atoms with van der Waals surface area (Å²) in [4.78, 5) is 20.4. The second-order valence-electron chi connectivity index (χ2n) is 4.69. The molecule has 2 saturated heterocycles. The maximum atomic E-state index is 10.6. The van der Waals surface area contributed by atoms with Gasteiger partial charge in [0, 0.05) is 25.2 Å². The van der Waals surface area contributed by atoms with Gasteiger partial charge in [0.05, 0.1) is 0 Å². The van der Waals surface area contributed by atoms with Gasteiger partial charge in [-0.05, 0) is 13.0 Å². The van der Waals surface area contributed by atoms with Crippen molar-refractivity contribution in [2.24, 2.45) is 0 Å². The third kappa shape index (κ3) is 8.02. The van der Waals surface area contributed by atoms with E-state index in [2.05, 4.69) is 17.1 Å². The Bertz CT molecular complexity index is 388. The van der Waals surface area contributed by atoms with Gasteiger partial charge in [0.25, 0.3) is 0 Å². The first-order chi connectivity index (χ1) is 10.3. The summed E-state index contributed by atoms with van der Waals surface area (Å²) in [5, 5.41) is 17.7. The highest BCUT2D eigenvalue weighted by molar-refractivity contribution is 5.73. The summed E-state index contributed by atoms with van der Waals surface area (Å²) >= 11 is 0. The van der Waals surface area contributed by atoms with Crippen LogP contribution in [0.2, 0.25) is 0 Å². The average molecular weight is 354 g/mol. The van der Waals surface area contributed by atoms with Gasteiger partial charge < -0.3 is 15.5 Å². The molecule has 2 unspecified atom stereocenters. The Hall–Kier alpha value is -1.56. The van der Waals surface area contributed by atoms with E-state index in [0.717, 1.165) is 12.1 Å². The number of hydrogen-bond donors (Lipinski definition) is 3. The number of piperazine rings is 1. The molecule has 23 heavy (non-hydrogen) atoms. The highest BCUT2D eigenvalue weighted by atomic mass is 19.4. The van der Waals surface area contributed by atoms with Gasteiger partial charge in [-0.2, -0.15) is 26.3 Å². The van der Waals surface area contributed by atoms with E-state index < -0.39 is 24.3 Å². The summed E-state index contributed by atoms with van der Waals surface area (Å²) in [7, 11) is 0.